The molecule has 1 fully saturated rings. The maximum absolute atomic E-state index is 12.2. The lowest BCUT2D eigenvalue weighted by atomic mass is 10.1. The largest absolute Gasteiger partial charge is 0.392 e. The molecule has 0 bridgehead atoms. The number of pyridine rings is 1. The number of hydrogen-bond donors (Lipinski definition) is 0. The Balaban J connectivity index is 2.18. The summed E-state index contributed by atoms with van der Waals surface area (Å²) in [6, 6.07) is 3.21. The van der Waals surface area contributed by atoms with Crippen LogP contribution < -0.4 is 0 Å². The van der Waals surface area contributed by atoms with Crippen LogP contribution in [0.5, 0.6) is 0 Å². The average Bonchev–Trinajstić information content (AvgIpc) is 2.83. The highest BCUT2D eigenvalue weighted by Gasteiger charge is 2.56. The highest BCUT2D eigenvalue weighted by molar-refractivity contribution is 6.30. The summed E-state index contributed by atoms with van der Waals surface area (Å²) < 4.78 is 36.7. The van der Waals surface area contributed by atoms with E-state index in [0.29, 0.717) is 5.56 Å². The van der Waals surface area contributed by atoms with Crippen LogP contribution in [0.15, 0.2) is 18.3 Å². The van der Waals surface area contributed by atoms with Crippen LogP contribution in [-0.4, -0.2) is 11.2 Å². The van der Waals surface area contributed by atoms with Gasteiger partial charge in [0.05, 0.1) is 5.92 Å². The molecule has 0 aromatic carbocycles. The van der Waals surface area contributed by atoms with E-state index in [1.807, 2.05) is 0 Å². The number of nitrogens with zero attached hydrogens (tertiary/aromatic N) is 1. The summed E-state index contributed by atoms with van der Waals surface area (Å²) in [7, 11) is 0. The number of rotatable bonds is 1. The molecule has 2 atom stereocenters. The van der Waals surface area contributed by atoms with Crippen molar-refractivity contribution in [3.8, 4) is 0 Å². The molecule has 1 saturated carbocycles. The minimum atomic E-state index is -4.11. The molecule has 0 amide bonds. The maximum Gasteiger partial charge on any atom is 0.392 e. The maximum atomic E-state index is 12.2. The molecule has 76 valence electrons. The zero-order chi connectivity index (χ0) is 10.3. The number of halogens is 4. The molecule has 0 spiro atoms. The van der Waals surface area contributed by atoms with E-state index in [1.165, 1.54) is 6.20 Å². The fourth-order valence-electron chi connectivity index (χ4n) is 1.58. The van der Waals surface area contributed by atoms with Crippen molar-refractivity contribution in [2.75, 3.05) is 0 Å². The van der Waals surface area contributed by atoms with Crippen molar-refractivity contribution in [3.63, 3.8) is 0 Å². The molecule has 0 saturated heterocycles. The third-order valence-corrected chi connectivity index (χ3v) is 2.71. The van der Waals surface area contributed by atoms with E-state index < -0.39 is 18.0 Å². The minimum absolute atomic E-state index is 0.134. The van der Waals surface area contributed by atoms with Crippen molar-refractivity contribution in [2.24, 2.45) is 5.92 Å². The lowest BCUT2D eigenvalue weighted by molar-refractivity contribution is -0.148. The monoisotopic (exact) mass is 221 g/mol. The summed E-state index contributed by atoms with van der Waals surface area (Å²) in [5.41, 5.74) is 0.511. The second-order valence-electron chi connectivity index (χ2n) is 3.37. The van der Waals surface area contributed by atoms with Crippen molar-refractivity contribution in [1.82, 2.24) is 4.98 Å². The van der Waals surface area contributed by atoms with Gasteiger partial charge in [0.1, 0.15) is 5.15 Å². The molecular weight excluding hydrogens is 215 g/mol. The van der Waals surface area contributed by atoms with E-state index in [0.717, 1.165) is 0 Å². The third kappa shape index (κ3) is 1.71. The summed E-state index contributed by atoms with van der Waals surface area (Å²) >= 11 is 5.70. The van der Waals surface area contributed by atoms with Crippen molar-refractivity contribution in [3.05, 3.63) is 29.0 Å². The number of alkyl halides is 3. The van der Waals surface area contributed by atoms with Crippen LogP contribution in [-0.2, 0) is 0 Å². The second kappa shape index (κ2) is 3.12. The summed E-state index contributed by atoms with van der Waals surface area (Å²) in [6.45, 7) is 0. The van der Waals surface area contributed by atoms with Gasteiger partial charge in [0.25, 0.3) is 0 Å². The van der Waals surface area contributed by atoms with Crippen LogP contribution in [0.3, 0.4) is 0 Å². The van der Waals surface area contributed by atoms with E-state index >= 15 is 0 Å². The Kier molecular flexibility index (Phi) is 2.18. The van der Waals surface area contributed by atoms with Gasteiger partial charge in [0, 0.05) is 6.20 Å². The van der Waals surface area contributed by atoms with Crippen LogP contribution in [0.1, 0.15) is 17.9 Å². The first kappa shape index (κ1) is 9.77. The van der Waals surface area contributed by atoms with E-state index in [-0.39, 0.29) is 11.6 Å². The molecule has 0 unspecified atom stereocenters. The van der Waals surface area contributed by atoms with Crippen molar-refractivity contribution in [1.29, 1.82) is 0 Å². The molecule has 1 aromatic heterocycles. The molecule has 1 aliphatic carbocycles. The van der Waals surface area contributed by atoms with Gasteiger partial charge in [-0.05, 0) is 24.0 Å². The quantitative estimate of drug-likeness (QED) is 0.663. The van der Waals surface area contributed by atoms with Gasteiger partial charge in [0.15, 0.2) is 0 Å². The Morgan fingerprint density at radius 2 is 2.14 bits per heavy atom. The highest BCUT2D eigenvalue weighted by atomic mass is 35.5. The SMILES string of the molecule is FC(F)(F)[C@H]1C[C@@H]1c1cccnc1Cl. The normalized spacial score (nSPS) is 26.3. The molecule has 0 aliphatic heterocycles. The summed E-state index contributed by atoms with van der Waals surface area (Å²) in [5, 5.41) is 0.184. The Morgan fingerprint density at radius 1 is 1.43 bits per heavy atom. The third-order valence-electron chi connectivity index (χ3n) is 2.40. The predicted octanol–water partition coefficient (Wildman–Crippen LogP) is 3.40. The van der Waals surface area contributed by atoms with Gasteiger partial charge >= 0.3 is 6.18 Å². The van der Waals surface area contributed by atoms with Crippen molar-refractivity contribution < 1.29 is 13.2 Å². The molecule has 0 radical (unpaired) electrons. The zero-order valence-corrected chi connectivity index (χ0v) is 7.81. The first-order valence-corrected chi connectivity index (χ1v) is 4.55. The Bertz CT molecular complexity index is 350. The molecule has 0 N–H and O–H groups in total. The second-order valence-corrected chi connectivity index (χ2v) is 3.73. The molecule has 14 heavy (non-hydrogen) atoms. The van der Waals surface area contributed by atoms with Crippen molar-refractivity contribution in [2.45, 2.75) is 18.5 Å². The predicted molar refractivity (Wildman–Crippen MR) is 46.2 cm³/mol. The average molecular weight is 222 g/mol. The smallest absolute Gasteiger partial charge is 0.244 e. The summed E-state index contributed by atoms with van der Waals surface area (Å²) in [6.07, 6.45) is -2.50. The van der Waals surface area contributed by atoms with Gasteiger partial charge < -0.3 is 0 Å². The summed E-state index contributed by atoms with van der Waals surface area (Å²) in [5.74, 6) is -1.72. The molecular formula is C9H7ClF3N. The van der Waals surface area contributed by atoms with Crippen LogP contribution in [0.2, 0.25) is 5.15 Å². The van der Waals surface area contributed by atoms with Crippen LogP contribution >= 0.6 is 11.6 Å². The van der Waals surface area contributed by atoms with Gasteiger partial charge in [-0.3, -0.25) is 0 Å². The lowest BCUT2D eigenvalue weighted by Crippen LogP contribution is -2.11. The van der Waals surface area contributed by atoms with Gasteiger partial charge in [-0.1, -0.05) is 17.7 Å². The van der Waals surface area contributed by atoms with Gasteiger partial charge in [-0.2, -0.15) is 13.2 Å². The minimum Gasteiger partial charge on any atom is -0.244 e. The Morgan fingerprint density at radius 3 is 2.64 bits per heavy atom. The Hall–Kier alpha value is -0.770. The molecule has 5 heteroatoms. The number of aromatic nitrogens is 1. The lowest BCUT2D eigenvalue weighted by Gasteiger charge is -2.05. The van der Waals surface area contributed by atoms with Gasteiger partial charge in [-0.25, -0.2) is 4.98 Å². The van der Waals surface area contributed by atoms with Crippen LogP contribution in [0.4, 0.5) is 13.2 Å². The van der Waals surface area contributed by atoms with Gasteiger partial charge in [-0.15, -0.1) is 0 Å². The fraction of sp³-hybridized carbons (Fsp3) is 0.444. The van der Waals surface area contributed by atoms with E-state index in [2.05, 4.69) is 4.98 Å². The number of hydrogen-bond acceptors (Lipinski definition) is 1. The molecule has 1 aliphatic rings. The standard InChI is InChI=1S/C9H7ClF3N/c10-8-5(2-1-3-14-8)6-4-7(6)9(11,12)13/h1-3,6-7H,4H2/t6-,7+/m1/s1. The molecule has 1 aromatic rings. The first-order valence-electron chi connectivity index (χ1n) is 4.17. The van der Waals surface area contributed by atoms with E-state index in [4.69, 9.17) is 11.6 Å². The molecule has 1 nitrogen and oxygen atoms in total. The first-order chi connectivity index (χ1) is 6.50. The zero-order valence-electron chi connectivity index (χ0n) is 7.05. The van der Waals surface area contributed by atoms with E-state index in [1.54, 1.807) is 12.1 Å². The molecule has 2 rings (SSSR count). The van der Waals surface area contributed by atoms with Crippen molar-refractivity contribution >= 4 is 11.6 Å². The summed E-state index contributed by atoms with van der Waals surface area (Å²) in [4.78, 5) is 3.75. The van der Waals surface area contributed by atoms with Gasteiger partial charge in [0.2, 0.25) is 0 Å². The van der Waals surface area contributed by atoms with E-state index in [9.17, 15) is 13.2 Å². The Labute approximate surface area is 83.9 Å². The van der Waals surface area contributed by atoms with Crippen LogP contribution in [0, 0.1) is 5.92 Å². The highest BCUT2D eigenvalue weighted by Crippen LogP contribution is 2.56. The van der Waals surface area contributed by atoms with Crippen LogP contribution in [0.25, 0.3) is 0 Å². The topological polar surface area (TPSA) is 12.9 Å². The fourth-order valence-corrected chi connectivity index (χ4v) is 1.84. The molecule has 1 heterocycles.